The van der Waals surface area contributed by atoms with Crippen LogP contribution in [-0.4, -0.2) is 24.6 Å². The number of hydrogen-bond donors (Lipinski definition) is 0. The lowest BCUT2D eigenvalue weighted by atomic mass is 10.1. The number of aromatic nitrogens is 2. The van der Waals surface area contributed by atoms with E-state index in [1.165, 1.54) is 24.5 Å². The summed E-state index contributed by atoms with van der Waals surface area (Å²) in [6.45, 7) is 0. The zero-order valence-corrected chi connectivity index (χ0v) is 18.3. The summed E-state index contributed by atoms with van der Waals surface area (Å²) in [5, 5.41) is 10.8. The molecule has 0 unspecified atom stereocenters. The average Bonchev–Trinajstić information content (AvgIpc) is 2.74. The van der Waals surface area contributed by atoms with Crippen molar-refractivity contribution in [2.45, 2.75) is 4.90 Å². The Labute approximate surface area is 188 Å². The van der Waals surface area contributed by atoms with Crippen molar-refractivity contribution in [1.82, 2.24) is 9.97 Å². The molecule has 4 rings (SSSR count). The lowest BCUT2D eigenvalue weighted by molar-refractivity contribution is 0.481. The molecule has 0 N–H and O–H groups in total. The maximum absolute atomic E-state index is 12.0. The molecule has 0 saturated carbocycles. The van der Waals surface area contributed by atoms with Crippen molar-refractivity contribution in [2.24, 2.45) is 0 Å². The van der Waals surface area contributed by atoms with Gasteiger partial charge in [0, 0.05) is 23.3 Å². The Bertz CT molecular complexity index is 1480. The molecule has 1 heterocycles. The van der Waals surface area contributed by atoms with Crippen molar-refractivity contribution in [2.75, 3.05) is 6.26 Å². The van der Waals surface area contributed by atoms with Gasteiger partial charge >= 0.3 is 0 Å². The van der Waals surface area contributed by atoms with Crippen LogP contribution in [0.15, 0.2) is 65.8 Å². The van der Waals surface area contributed by atoms with E-state index in [0.29, 0.717) is 32.6 Å². The van der Waals surface area contributed by atoms with Crippen molar-refractivity contribution in [3.63, 3.8) is 0 Å². The highest BCUT2D eigenvalue weighted by molar-refractivity contribution is 7.90. The highest BCUT2D eigenvalue weighted by atomic mass is 35.5. The molecule has 0 spiro atoms. The van der Waals surface area contributed by atoms with Crippen molar-refractivity contribution in [1.29, 1.82) is 5.26 Å². The van der Waals surface area contributed by atoms with Gasteiger partial charge in [-0.3, -0.25) is 0 Å². The Kier molecular flexibility index (Phi) is 5.54. The summed E-state index contributed by atoms with van der Waals surface area (Å²) in [5.74, 6) is 0.681. The molecule has 0 saturated heterocycles. The van der Waals surface area contributed by atoms with Crippen LogP contribution in [-0.2, 0) is 9.84 Å². The van der Waals surface area contributed by atoms with Gasteiger partial charge in [-0.05, 0) is 36.4 Å². The maximum atomic E-state index is 12.0. The number of nitrogens with zero attached hydrogens (tertiary/aromatic N) is 3. The predicted octanol–water partition coefficient (Wildman–Crippen LogP) is 5.67. The quantitative estimate of drug-likeness (QED) is 0.382. The molecule has 0 aliphatic carbocycles. The molecule has 0 atom stereocenters. The summed E-state index contributed by atoms with van der Waals surface area (Å²) in [5.41, 5.74) is 1.84. The molecular weight excluding hydrogens is 457 g/mol. The lowest BCUT2D eigenvalue weighted by Gasteiger charge is -2.12. The van der Waals surface area contributed by atoms with Crippen molar-refractivity contribution < 1.29 is 13.2 Å². The maximum Gasteiger partial charge on any atom is 0.176 e. The Balaban J connectivity index is 1.79. The number of fused-ring (bicyclic) bond motifs is 1. The van der Waals surface area contributed by atoms with Gasteiger partial charge < -0.3 is 4.74 Å². The smallest absolute Gasteiger partial charge is 0.176 e. The first-order valence-corrected chi connectivity index (χ1v) is 11.5. The van der Waals surface area contributed by atoms with Crippen LogP contribution in [0.5, 0.6) is 11.5 Å². The number of hydrogen-bond acceptors (Lipinski definition) is 6. The van der Waals surface area contributed by atoms with Gasteiger partial charge in [0.2, 0.25) is 0 Å². The predicted molar refractivity (Wildman–Crippen MR) is 119 cm³/mol. The van der Waals surface area contributed by atoms with Crippen LogP contribution in [0, 0.1) is 11.3 Å². The standard InChI is InChI=1S/C22H13Cl2N3O3S/c1-31(28,29)20-10-15(6-5-13(20)11-25)30-14-7-8-18(23)17(9-14)21-16-3-2-4-19(24)22(16)27-12-26-21/h2-10,12H,1H3. The molecule has 0 aliphatic heterocycles. The van der Waals surface area contributed by atoms with Gasteiger partial charge in [0.15, 0.2) is 9.84 Å². The lowest BCUT2D eigenvalue weighted by Crippen LogP contribution is -2.01. The molecule has 3 aromatic carbocycles. The van der Waals surface area contributed by atoms with Crippen molar-refractivity contribution in [3.05, 3.63) is 76.5 Å². The molecule has 0 radical (unpaired) electrons. The third-order valence-corrected chi connectivity index (χ3v) is 6.29. The Hall–Kier alpha value is -3.18. The van der Waals surface area contributed by atoms with Crippen LogP contribution in [0.3, 0.4) is 0 Å². The van der Waals surface area contributed by atoms with Crippen LogP contribution in [0.1, 0.15) is 5.56 Å². The van der Waals surface area contributed by atoms with E-state index in [-0.39, 0.29) is 16.2 Å². The fourth-order valence-electron chi connectivity index (χ4n) is 3.12. The van der Waals surface area contributed by atoms with E-state index in [1.54, 1.807) is 30.3 Å². The first-order valence-electron chi connectivity index (χ1n) is 8.89. The number of benzene rings is 3. The third-order valence-electron chi connectivity index (χ3n) is 4.52. The molecule has 0 bridgehead atoms. The Morgan fingerprint density at radius 2 is 1.71 bits per heavy atom. The van der Waals surface area contributed by atoms with Gasteiger partial charge in [0.05, 0.1) is 31.7 Å². The topological polar surface area (TPSA) is 92.9 Å². The van der Waals surface area contributed by atoms with E-state index >= 15 is 0 Å². The monoisotopic (exact) mass is 469 g/mol. The van der Waals surface area contributed by atoms with Gasteiger partial charge in [-0.25, -0.2) is 18.4 Å². The van der Waals surface area contributed by atoms with Crippen LogP contribution < -0.4 is 4.74 Å². The highest BCUT2D eigenvalue weighted by Gasteiger charge is 2.16. The van der Waals surface area contributed by atoms with Gasteiger partial charge in [-0.15, -0.1) is 0 Å². The molecule has 1 aromatic heterocycles. The van der Waals surface area contributed by atoms with Crippen LogP contribution in [0.25, 0.3) is 22.2 Å². The molecule has 0 fully saturated rings. The molecule has 6 nitrogen and oxygen atoms in total. The van der Waals surface area contributed by atoms with Crippen LogP contribution >= 0.6 is 23.2 Å². The molecule has 154 valence electrons. The van der Waals surface area contributed by atoms with Gasteiger partial charge in [0.25, 0.3) is 0 Å². The van der Waals surface area contributed by atoms with Crippen LogP contribution in [0.4, 0.5) is 0 Å². The molecule has 4 aromatic rings. The van der Waals surface area contributed by atoms with E-state index in [1.807, 2.05) is 12.1 Å². The zero-order chi connectivity index (χ0) is 22.2. The summed E-state index contributed by atoms with van der Waals surface area (Å²) < 4.78 is 29.9. The van der Waals surface area contributed by atoms with Crippen LogP contribution in [0.2, 0.25) is 10.0 Å². The first-order chi connectivity index (χ1) is 14.8. The number of sulfone groups is 1. The largest absolute Gasteiger partial charge is 0.457 e. The first kappa shape index (κ1) is 21.1. The number of para-hydroxylation sites is 1. The fourth-order valence-corrected chi connectivity index (χ4v) is 4.39. The Morgan fingerprint density at radius 1 is 0.968 bits per heavy atom. The molecule has 0 amide bonds. The molecule has 0 aliphatic rings. The second-order valence-corrected chi connectivity index (χ2v) is 9.44. The molecule has 31 heavy (non-hydrogen) atoms. The summed E-state index contributed by atoms with van der Waals surface area (Å²) in [4.78, 5) is 8.51. The van der Waals surface area contributed by atoms with E-state index < -0.39 is 9.84 Å². The van der Waals surface area contributed by atoms with Gasteiger partial charge in [0.1, 0.15) is 23.9 Å². The van der Waals surface area contributed by atoms with E-state index in [4.69, 9.17) is 27.9 Å². The summed E-state index contributed by atoms with van der Waals surface area (Å²) in [6, 6.07) is 16.5. The minimum Gasteiger partial charge on any atom is -0.457 e. The second-order valence-electron chi connectivity index (χ2n) is 6.64. The van der Waals surface area contributed by atoms with Gasteiger partial charge in [-0.1, -0.05) is 35.3 Å². The van der Waals surface area contributed by atoms with E-state index in [0.717, 1.165) is 11.6 Å². The molecular formula is C22H13Cl2N3O3S. The second kappa shape index (κ2) is 8.16. The average molecular weight is 470 g/mol. The Morgan fingerprint density at radius 3 is 2.45 bits per heavy atom. The number of halogens is 2. The summed E-state index contributed by atoms with van der Waals surface area (Å²) in [6.07, 6.45) is 2.45. The number of nitriles is 1. The normalized spacial score (nSPS) is 11.3. The highest BCUT2D eigenvalue weighted by Crippen LogP contribution is 2.36. The van der Waals surface area contributed by atoms with E-state index in [9.17, 15) is 13.7 Å². The molecule has 9 heteroatoms. The van der Waals surface area contributed by atoms with Crippen molar-refractivity contribution in [3.8, 4) is 28.8 Å². The summed E-state index contributed by atoms with van der Waals surface area (Å²) in [7, 11) is -3.60. The van der Waals surface area contributed by atoms with Gasteiger partial charge in [-0.2, -0.15) is 5.26 Å². The zero-order valence-electron chi connectivity index (χ0n) is 16.0. The number of rotatable bonds is 4. The minimum absolute atomic E-state index is 0.0518. The number of ether oxygens (including phenoxy) is 1. The van der Waals surface area contributed by atoms with E-state index in [2.05, 4.69) is 9.97 Å². The summed E-state index contributed by atoms with van der Waals surface area (Å²) >= 11 is 12.7. The SMILES string of the molecule is CS(=O)(=O)c1cc(Oc2ccc(Cl)c(-c3ncnc4c(Cl)cccc34)c2)ccc1C#N. The van der Waals surface area contributed by atoms with Crippen molar-refractivity contribution >= 4 is 43.9 Å². The third kappa shape index (κ3) is 4.19. The fraction of sp³-hybridized carbons (Fsp3) is 0.0455. The minimum atomic E-state index is -3.60.